The van der Waals surface area contributed by atoms with Crippen LogP contribution in [0.5, 0.6) is 0 Å². The first-order chi connectivity index (χ1) is 15.9. The molecule has 0 unspecified atom stereocenters. The molecule has 1 amide bonds. The fourth-order valence-corrected chi connectivity index (χ4v) is 4.42. The van der Waals surface area contributed by atoms with Crippen LogP contribution in [0.1, 0.15) is 28.9 Å². The van der Waals surface area contributed by atoms with Crippen molar-refractivity contribution in [3.05, 3.63) is 63.3 Å². The van der Waals surface area contributed by atoms with Gasteiger partial charge in [-0.1, -0.05) is 29.8 Å². The molecule has 176 valence electrons. The van der Waals surface area contributed by atoms with E-state index in [0.717, 1.165) is 56.0 Å². The number of carbonyl (C=O) groups is 1. The highest BCUT2D eigenvalue weighted by Gasteiger charge is 2.17. The molecule has 3 heterocycles. The minimum Gasteiger partial charge on any atom is -0.379 e. The largest absolute Gasteiger partial charge is 0.379 e. The second-order valence-electron chi connectivity index (χ2n) is 8.80. The average Bonchev–Trinajstić information content (AvgIpc) is 3.05. The fourth-order valence-electron chi connectivity index (χ4n) is 4.42. The van der Waals surface area contributed by atoms with Crippen LogP contribution in [0.15, 0.2) is 35.3 Å². The predicted octanol–water partition coefficient (Wildman–Crippen LogP) is 2.01. The molecule has 0 radical (unpaired) electrons. The van der Waals surface area contributed by atoms with E-state index in [1.807, 2.05) is 13.8 Å². The van der Waals surface area contributed by atoms with Crippen molar-refractivity contribution in [3.63, 3.8) is 0 Å². The van der Waals surface area contributed by atoms with Crippen LogP contribution in [-0.4, -0.2) is 64.5 Å². The lowest BCUT2D eigenvalue weighted by atomic mass is 10.1. The van der Waals surface area contributed by atoms with Crippen LogP contribution in [0.3, 0.4) is 0 Å². The summed E-state index contributed by atoms with van der Waals surface area (Å²) in [5, 5.41) is 8.68. The number of nitrogens with one attached hydrogen (secondary N) is 1. The van der Waals surface area contributed by atoms with Crippen molar-refractivity contribution < 1.29 is 9.53 Å². The van der Waals surface area contributed by atoms with Crippen LogP contribution in [0.25, 0.3) is 10.8 Å². The molecule has 0 spiro atoms. The normalized spacial score (nSPS) is 14.6. The number of nitrogens with zero attached hydrogens (tertiary/aromatic N) is 4. The van der Waals surface area contributed by atoms with Crippen molar-refractivity contribution >= 4 is 16.7 Å². The molecule has 1 aromatic carbocycles. The Kier molecular flexibility index (Phi) is 7.25. The van der Waals surface area contributed by atoms with E-state index in [4.69, 9.17) is 4.74 Å². The van der Waals surface area contributed by atoms with Gasteiger partial charge in [0.2, 0.25) is 5.91 Å². The van der Waals surface area contributed by atoms with Gasteiger partial charge in [0.25, 0.3) is 5.56 Å². The molecule has 1 saturated heterocycles. The summed E-state index contributed by atoms with van der Waals surface area (Å²) < 4.78 is 8.76. The molecule has 0 bridgehead atoms. The van der Waals surface area contributed by atoms with Gasteiger partial charge in [-0.15, -0.1) is 0 Å². The Balaban J connectivity index is 1.42. The summed E-state index contributed by atoms with van der Waals surface area (Å²) >= 11 is 0. The Labute approximate surface area is 194 Å². The fraction of sp³-hybridized carbons (Fsp3) is 0.480. The van der Waals surface area contributed by atoms with Gasteiger partial charge in [-0.3, -0.25) is 14.5 Å². The topological polar surface area (TPSA) is 81.4 Å². The number of ether oxygens (including phenoxy) is 1. The molecule has 3 aromatic rings. The molecular weight excluding hydrogens is 418 g/mol. The van der Waals surface area contributed by atoms with Gasteiger partial charge in [-0.05, 0) is 39.3 Å². The van der Waals surface area contributed by atoms with Crippen LogP contribution in [0.2, 0.25) is 0 Å². The lowest BCUT2D eigenvalue weighted by Crippen LogP contribution is -2.39. The van der Waals surface area contributed by atoms with Crippen molar-refractivity contribution in [2.24, 2.45) is 0 Å². The Morgan fingerprint density at radius 1 is 1.09 bits per heavy atom. The monoisotopic (exact) mass is 451 g/mol. The van der Waals surface area contributed by atoms with Crippen LogP contribution in [-0.2, 0) is 22.6 Å². The van der Waals surface area contributed by atoms with Crippen molar-refractivity contribution in [1.82, 2.24) is 24.6 Å². The third-order valence-electron chi connectivity index (χ3n) is 6.44. The van der Waals surface area contributed by atoms with Crippen molar-refractivity contribution in [3.8, 4) is 0 Å². The Morgan fingerprint density at radius 2 is 1.82 bits per heavy atom. The van der Waals surface area contributed by atoms with E-state index < -0.39 is 0 Å². The molecule has 8 heteroatoms. The van der Waals surface area contributed by atoms with Crippen LogP contribution in [0.4, 0.5) is 0 Å². The highest BCUT2D eigenvalue weighted by Crippen LogP contribution is 2.23. The van der Waals surface area contributed by atoms with Crippen LogP contribution >= 0.6 is 0 Å². The van der Waals surface area contributed by atoms with Crippen molar-refractivity contribution in [1.29, 1.82) is 0 Å². The maximum atomic E-state index is 13.2. The van der Waals surface area contributed by atoms with Gasteiger partial charge in [-0.2, -0.15) is 5.10 Å². The molecule has 2 aromatic heterocycles. The molecule has 1 fully saturated rings. The third kappa shape index (κ3) is 5.34. The summed E-state index contributed by atoms with van der Waals surface area (Å²) in [6.07, 6.45) is 2.57. The maximum Gasteiger partial charge on any atom is 0.276 e. The van der Waals surface area contributed by atoms with Crippen molar-refractivity contribution in [2.45, 2.75) is 40.3 Å². The maximum absolute atomic E-state index is 13.2. The van der Waals surface area contributed by atoms with E-state index in [1.165, 1.54) is 15.8 Å². The van der Waals surface area contributed by atoms with Crippen molar-refractivity contribution in [2.75, 3.05) is 39.4 Å². The number of hydrogen-bond donors (Lipinski definition) is 1. The Morgan fingerprint density at radius 3 is 2.55 bits per heavy atom. The molecule has 0 saturated carbocycles. The minimum atomic E-state index is -0.223. The molecule has 1 N–H and O–H groups in total. The van der Waals surface area contributed by atoms with E-state index in [2.05, 4.69) is 51.1 Å². The van der Waals surface area contributed by atoms with E-state index in [1.54, 1.807) is 6.20 Å². The number of fused-ring (bicyclic) bond motifs is 1. The SMILES string of the molecule is Cc1ccc(Cn2c(C)c3cnn(CC(=O)NCCCN4CCOCC4)c(=O)c3c2C)cc1. The molecule has 4 rings (SSSR count). The number of rotatable bonds is 8. The minimum absolute atomic E-state index is 0.0754. The number of benzene rings is 1. The number of amides is 1. The quantitative estimate of drug-likeness (QED) is 0.530. The van der Waals surface area contributed by atoms with Gasteiger partial charge in [0.05, 0.1) is 24.8 Å². The van der Waals surface area contributed by atoms with Crippen LogP contribution in [0, 0.1) is 20.8 Å². The zero-order chi connectivity index (χ0) is 23.4. The first-order valence-electron chi connectivity index (χ1n) is 11.6. The van der Waals surface area contributed by atoms with E-state index in [-0.39, 0.29) is 18.0 Å². The zero-order valence-corrected chi connectivity index (χ0v) is 19.8. The van der Waals surface area contributed by atoms with Gasteiger partial charge < -0.3 is 14.6 Å². The lowest BCUT2D eigenvalue weighted by molar-refractivity contribution is -0.121. The van der Waals surface area contributed by atoms with Gasteiger partial charge in [-0.25, -0.2) is 4.68 Å². The highest BCUT2D eigenvalue weighted by molar-refractivity contribution is 5.87. The summed E-state index contributed by atoms with van der Waals surface area (Å²) in [5.74, 6) is -0.195. The second kappa shape index (κ2) is 10.3. The first-order valence-corrected chi connectivity index (χ1v) is 11.6. The van der Waals surface area contributed by atoms with Gasteiger partial charge in [0.15, 0.2) is 0 Å². The Hall–Kier alpha value is -2.97. The molecule has 33 heavy (non-hydrogen) atoms. The summed E-state index contributed by atoms with van der Waals surface area (Å²) in [6.45, 7) is 11.6. The molecule has 0 atom stereocenters. The van der Waals surface area contributed by atoms with E-state index in [0.29, 0.717) is 18.5 Å². The number of carbonyl (C=O) groups excluding carboxylic acids is 1. The molecule has 8 nitrogen and oxygen atoms in total. The second-order valence-corrected chi connectivity index (χ2v) is 8.80. The van der Waals surface area contributed by atoms with Gasteiger partial charge in [0.1, 0.15) is 6.54 Å². The summed E-state index contributed by atoms with van der Waals surface area (Å²) in [6, 6.07) is 8.41. The summed E-state index contributed by atoms with van der Waals surface area (Å²) in [7, 11) is 0. The smallest absolute Gasteiger partial charge is 0.276 e. The molecule has 1 aliphatic rings. The predicted molar refractivity (Wildman–Crippen MR) is 129 cm³/mol. The number of morpholine rings is 1. The third-order valence-corrected chi connectivity index (χ3v) is 6.44. The van der Waals surface area contributed by atoms with E-state index >= 15 is 0 Å². The number of aromatic nitrogens is 3. The van der Waals surface area contributed by atoms with Gasteiger partial charge in [0, 0.05) is 43.0 Å². The summed E-state index contributed by atoms with van der Waals surface area (Å²) in [5.41, 5.74) is 4.08. The summed E-state index contributed by atoms with van der Waals surface area (Å²) in [4.78, 5) is 27.9. The van der Waals surface area contributed by atoms with Gasteiger partial charge >= 0.3 is 0 Å². The molecular formula is C25H33N5O3. The van der Waals surface area contributed by atoms with E-state index in [9.17, 15) is 9.59 Å². The lowest BCUT2D eigenvalue weighted by Gasteiger charge is -2.26. The number of hydrogen-bond acceptors (Lipinski definition) is 5. The average molecular weight is 452 g/mol. The van der Waals surface area contributed by atoms with Crippen LogP contribution < -0.4 is 10.9 Å². The first kappa shape index (κ1) is 23.2. The molecule has 0 aliphatic carbocycles. The highest BCUT2D eigenvalue weighted by atomic mass is 16.5. The molecule has 1 aliphatic heterocycles. The standard InChI is InChI=1S/C25H33N5O3/c1-18-5-7-21(8-6-18)16-29-19(2)22-15-27-30(25(32)24(22)20(29)3)17-23(31)26-9-4-10-28-11-13-33-14-12-28/h5-8,15H,4,9-14,16-17H2,1-3H3,(H,26,31). The zero-order valence-electron chi connectivity index (χ0n) is 19.8. The Bertz CT molecular complexity index is 1170. The number of aryl methyl sites for hydroxylation is 3.